The van der Waals surface area contributed by atoms with E-state index in [0.717, 1.165) is 25.2 Å². The van der Waals surface area contributed by atoms with Crippen LogP contribution in [0.1, 0.15) is 65.2 Å². The lowest BCUT2D eigenvalue weighted by Gasteiger charge is -2.34. The van der Waals surface area contributed by atoms with Gasteiger partial charge in [-0.05, 0) is 62.7 Å². The first-order valence-electron chi connectivity index (χ1n) is 6.22. The highest BCUT2D eigenvalue weighted by Crippen LogP contribution is 2.44. The minimum atomic E-state index is -0.215. The first-order chi connectivity index (χ1) is 6.49. The van der Waals surface area contributed by atoms with Gasteiger partial charge < -0.3 is 5.11 Å². The minimum Gasteiger partial charge on any atom is -0.390 e. The second-order valence-corrected chi connectivity index (χ2v) is 6.37. The molecule has 0 aromatic heterocycles. The standard InChI is InChI=1S/C13H24O/c1-12(2)6-3-11(4-7-12)5-8-13(14)9-10-13/h11,14H,3-10H2,1-2H3. The fraction of sp³-hybridized carbons (Fsp3) is 1.00. The Morgan fingerprint density at radius 1 is 1.07 bits per heavy atom. The van der Waals surface area contributed by atoms with Gasteiger partial charge in [-0.15, -0.1) is 0 Å². The second-order valence-electron chi connectivity index (χ2n) is 6.37. The minimum absolute atomic E-state index is 0.215. The molecule has 0 amide bonds. The molecule has 0 heterocycles. The van der Waals surface area contributed by atoms with Gasteiger partial charge in [0, 0.05) is 0 Å². The molecule has 0 atom stereocenters. The molecule has 0 radical (unpaired) electrons. The molecule has 2 rings (SSSR count). The molecule has 1 heteroatoms. The van der Waals surface area contributed by atoms with Crippen LogP contribution in [-0.2, 0) is 0 Å². The highest BCUT2D eigenvalue weighted by Gasteiger charge is 2.40. The zero-order chi connectivity index (χ0) is 10.2. The molecule has 0 aliphatic heterocycles. The molecule has 2 aliphatic carbocycles. The van der Waals surface area contributed by atoms with Crippen molar-refractivity contribution in [3.63, 3.8) is 0 Å². The molecule has 0 bridgehead atoms. The molecule has 14 heavy (non-hydrogen) atoms. The summed E-state index contributed by atoms with van der Waals surface area (Å²) in [5.74, 6) is 0.910. The Bertz CT molecular complexity index is 193. The van der Waals surface area contributed by atoms with Gasteiger partial charge in [-0.2, -0.15) is 0 Å². The summed E-state index contributed by atoms with van der Waals surface area (Å²) in [5.41, 5.74) is 0.375. The van der Waals surface area contributed by atoms with Crippen LogP contribution in [0.25, 0.3) is 0 Å². The summed E-state index contributed by atoms with van der Waals surface area (Å²) in [5, 5.41) is 9.76. The average Bonchev–Trinajstić information content (AvgIpc) is 2.83. The maximum atomic E-state index is 9.76. The van der Waals surface area contributed by atoms with E-state index in [0.29, 0.717) is 5.41 Å². The summed E-state index contributed by atoms with van der Waals surface area (Å²) in [6.45, 7) is 4.77. The third-order valence-corrected chi connectivity index (χ3v) is 4.30. The average molecular weight is 196 g/mol. The fourth-order valence-electron chi connectivity index (χ4n) is 2.61. The van der Waals surface area contributed by atoms with Gasteiger partial charge in [0.1, 0.15) is 0 Å². The highest BCUT2D eigenvalue weighted by atomic mass is 16.3. The van der Waals surface area contributed by atoms with Crippen molar-refractivity contribution in [1.29, 1.82) is 0 Å². The highest BCUT2D eigenvalue weighted by molar-refractivity contribution is 4.93. The zero-order valence-electron chi connectivity index (χ0n) is 9.68. The predicted octanol–water partition coefficient (Wildman–Crippen LogP) is 3.51. The smallest absolute Gasteiger partial charge is 0.0650 e. The second kappa shape index (κ2) is 3.52. The van der Waals surface area contributed by atoms with Gasteiger partial charge in [0.25, 0.3) is 0 Å². The first-order valence-corrected chi connectivity index (χ1v) is 6.22. The van der Waals surface area contributed by atoms with Gasteiger partial charge in [-0.3, -0.25) is 0 Å². The molecule has 0 aromatic carbocycles. The van der Waals surface area contributed by atoms with Crippen LogP contribution in [0.5, 0.6) is 0 Å². The molecule has 2 aliphatic rings. The van der Waals surface area contributed by atoms with Crippen molar-refractivity contribution in [2.24, 2.45) is 11.3 Å². The lowest BCUT2D eigenvalue weighted by Crippen LogP contribution is -2.22. The summed E-state index contributed by atoms with van der Waals surface area (Å²) in [7, 11) is 0. The number of aliphatic hydroxyl groups is 1. The molecule has 0 spiro atoms. The molecule has 0 aromatic rings. The number of hydrogen-bond acceptors (Lipinski definition) is 1. The van der Waals surface area contributed by atoms with E-state index in [4.69, 9.17) is 0 Å². The van der Waals surface area contributed by atoms with Gasteiger partial charge in [-0.1, -0.05) is 13.8 Å². The molecule has 0 saturated heterocycles. The van der Waals surface area contributed by atoms with Crippen molar-refractivity contribution in [3.05, 3.63) is 0 Å². The van der Waals surface area contributed by atoms with Crippen LogP contribution >= 0.6 is 0 Å². The van der Waals surface area contributed by atoms with Crippen LogP contribution in [-0.4, -0.2) is 10.7 Å². The molecule has 1 nitrogen and oxygen atoms in total. The van der Waals surface area contributed by atoms with E-state index in [9.17, 15) is 5.11 Å². The summed E-state index contributed by atoms with van der Waals surface area (Å²) in [4.78, 5) is 0. The number of hydrogen-bond donors (Lipinski definition) is 1. The molecular formula is C13H24O. The largest absolute Gasteiger partial charge is 0.390 e. The monoisotopic (exact) mass is 196 g/mol. The van der Waals surface area contributed by atoms with E-state index >= 15 is 0 Å². The maximum absolute atomic E-state index is 9.76. The lowest BCUT2D eigenvalue weighted by molar-refractivity contribution is 0.115. The summed E-state index contributed by atoms with van der Waals surface area (Å²) in [6, 6.07) is 0. The molecule has 0 unspecified atom stereocenters. The van der Waals surface area contributed by atoms with Gasteiger partial charge in [0.2, 0.25) is 0 Å². The lowest BCUT2D eigenvalue weighted by atomic mass is 9.72. The third kappa shape index (κ3) is 2.73. The van der Waals surface area contributed by atoms with E-state index in [1.54, 1.807) is 0 Å². The Labute approximate surface area is 87.9 Å². The Hall–Kier alpha value is -0.0400. The van der Waals surface area contributed by atoms with Gasteiger partial charge in [0.05, 0.1) is 5.60 Å². The predicted molar refractivity (Wildman–Crippen MR) is 59.2 cm³/mol. The van der Waals surface area contributed by atoms with E-state index in [2.05, 4.69) is 13.8 Å². The van der Waals surface area contributed by atoms with Crippen molar-refractivity contribution in [3.8, 4) is 0 Å². The number of rotatable bonds is 3. The van der Waals surface area contributed by atoms with Crippen LogP contribution < -0.4 is 0 Å². The van der Waals surface area contributed by atoms with E-state index in [1.807, 2.05) is 0 Å². The fourth-order valence-corrected chi connectivity index (χ4v) is 2.61. The van der Waals surface area contributed by atoms with Crippen LogP contribution in [0, 0.1) is 11.3 Å². The summed E-state index contributed by atoms with van der Waals surface area (Å²) in [6.07, 6.45) is 10.0. The maximum Gasteiger partial charge on any atom is 0.0650 e. The third-order valence-electron chi connectivity index (χ3n) is 4.30. The zero-order valence-corrected chi connectivity index (χ0v) is 9.68. The van der Waals surface area contributed by atoms with Crippen molar-refractivity contribution < 1.29 is 5.11 Å². The van der Waals surface area contributed by atoms with E-state index < -0.39 is 0 Å². The Morgan fingerprint density at radius 3 is 2.14 bits per heavy atom. The van der Waals surface area contributed by atoms with Crippen molar-refractivity contribution in [2.75, 3.05) is 0 Å². The van der Waals surface area contributed by atoms with Crippen LogP contribution in [0.3, 0.4) is 0 Å². The van der Waals surface area contributed by atoms with Crippen molar-refractivity contribution >= 4 is 0 Å². The van der Waals surface area contributed by atoms with Crippen LogP contribution in [0.15, 0.2) is 0 Å². The van der Waals surface area contributed by atoms with Gasteiger partial charge in [-0.25, -0.2) is 0 Å². The molecular weight excluding hydrogens is 172 g/mol. The quantitative estimate of drug-likeness (QED) is 0.732. The van der Waals surface area contributed by atoms with Crippen LogP contribution in [0.2, 0.25) is 0 Å². The molecule has 2 saturated carbocycles. The van der Waals surface area contributed by atoms with E-state index in [-0.39, 0.29) is 5.60 Å². The normalized spacial score (nSPS) is 30.2. The summed E-state index contributed by atoms with van der Waals surface area (Å²) >= 11 is 0. The molecule has 82 valence electrons. The Balaban J connectivity index is 1.68. The van der Waals surface area contributed by atoms with Crippen molar-refractivity contribution in [1.82, 2.24) is 0 Å². The Morgan fingerprint density at radius 2 is 1.64 bits per heavy atom. The van der Waals surface area contributed by atoms with Gasteiger partial charge in [0.15, 0.2) is 0 Å². The van der Waals surface area contributed by atoms with E-state index in [1.165, 1.54) is 32.1 Å². The molecule has 1 N–H and O–H groups in total. The van der Waals surface area contributed by atoms with Gasteiger partial charge >= 0.3 is 0 Å². The SMILES string of the molecule is CC1(C)CCC(CCC2(O)CC2)CC1. The summed E-state index contributed by atoms with van der Waals surface area (Å²) < 4.78 is 0. The van der Waals surface area contributed by atoms with Crippen molar-refractivity contribution in [2.45, 2.75) is 70.8 Å². The molecule has 2 fully saturated rings. The Kier molecular flexibility index (Phi) is 2.63. The van der Waals surface area contributed by atoms with Crippen LogP contribution in [0.4, 0.5) is 0 Å². The first kappa shape index (κ1) is 10.5. The topological polar surface area (TPSA) is 20.2 Å².